The lowest BCUT2D eigenvalue weighted by molar-refractivity contribution is -0.118. The highest BCUT2D eigenvalue weighted by Crippen LogP contribution is 2.54. The molecule has 0 heterocycles. The van der Waals surface area contributed by atoms with Crippen LogP contribution in [0.1, 0.15) is 51.7 Å². The maximum Gasteiger partial charge on any atom is 0.246 e. The van der Waals surface area contributed by atoms with Gasteiger partial charge in [0.15, 0.2) is 0 Å². The molecule has 1 aromatic carbocycles. The van der Waals surface area contributed by atoms with Crippen LogP contribution in [-0.4, -0.2) is 17.6 Å². The van der Waals surface area contributed by atoms with Crippen LogP contribution in [0, 0.1) is 5.41 Å². The van der Waals surface area contributed by atoms with Crippen LogP contribution in [0.2, 0.25) is 0 Å². The summed E-state index contributed by atoms with van der Waals surface area (Å²) in [5.74, 6) is -0.0131. The number of carbonyl (C=O) groups is 1. The summed E-state index contributed by atoms with van der Waals surface area (Å²) in [6, 6.07) is 9.70. The minimum Gasteiger partial charge on any atom is -0.388 e. The molecular formula is C18H25NO2. The Kier molecular flexibility index (Phi) is 4.84. The van der Waals surface area contributed by atoms with Crippen molar-refractivity contribution < 1.29 is 9.90 Å². The molecule has 1 aliphatic carbocycles. The van der Waals surface area contributed by atoms with E-state index in [1.54, 1.807) is 0 Å². The van der Waals surface area contributed by atoms with Crippen LogP contribution in [0.4, 0.5) is 0 Å². The van der Waals surface area contributed by atoms with Gasteiger partial charge in [-0.3, -0.25) is 4.79 Å². The quantitative estimate of drug-likeness (QED) is 0.788. The number of benzene rings is 1. The first kappa shape index (κ1) is 15.8. The molecule has 1 aromatic rings. The fourth-order valence-electron chi connectivity index (χ4n) is 2.54. The van der Waals surface area contributed by atoms with E-state index in [0.29, 0.717) is 6.54 Å². The molecule has 1 amide bonds. The largest absolute Gasteiger partial charge is 0.388 e. The van der Waals surface area contributed by atoms with Crippen molar-refractivity contribution in [1.82, 2.24) is 5.32 Å². The molecular weight excluding hydrogens is 262 g/mol. The SMILES string of the molecule is CC/C(C)=C(/C)C(=O)NCC1(C(O)c2ccccc2)CC1. The number of nitrogens with one attached hydrogen (secondary N) is 1. The van der Waals surface area contributed by atoms with Gasteiger partial charge in [-0.05, 0) is 38.7 Å². The molecule has 1 aliphatic rings. The lowest BCUT2D eigenvalue weighted by Gasteiger charge is -2.23. The van der Waals surface area contributed by atoms with Crippen molar-refractivity contribution in [3.63, 3.8) is 0 Å². The predicted molar refractivity (Wildman–Crippen MR) is 84.7 cm³/mol. The molecule has 114 valence electrons. The third kappa shape index (κ3) is 3.53. The molecule has 1 atom stereocenters. The van der Waals surface area contributed by atoms with Crippen molar-refractivity contribution >= 4 is 5.91 Å². The van der Waals surface area contributed by atoms with E-state index in [0.717, 1.165) is 36.0 Å². The molecule has 0 spiro atoms. The highest BCUT2D eigenvalue weighted by molar-refractivity contribution is 5.93. The first-order valence-electron chi connectivity index (χ1n) is 7.68. The molecule has 2 N–H and O–H groups in total. The van der Waals surface area contributed by atoms with Gasteiger partial charge in [-0.1, -0.05) is 42.8 Å². The van der Waals surface area contributed by atoms with Gasteiger partial charge in [0.2, 0.25) is 5.91 Å². The van der Waals surface area contributed by atoms with E-state index >= 15 is 0 Å². The Morgan fingerprint density at radius 2 is 1.90 bits per heavy atom. The summed E-state index contributed by atoms with van der Waals surface area (Å²) in [5.41, 5.74) is 2.65. The van der Waals surface area contributed by atoms with E-state index in [4.69, 9.17) is 0 Å². The van der Waals surface area contributed by atoms with Gasteiger partial charge in [0.05, 0.1) is 6.10 Å². The Hall–Kier alpha value is -1.61. The van der Waals surface area contributed by atoms with E-state index in [1.165, 1.54) is 0 Å². The molecule has 2 rings (SSSR count). The minimum absolute atomic E-state index is 0.0131. The topological polar surface area (TPSA) is 49.3 Å². The van der Waals surface area contributed by atoms with Gasteiger partial charge in [0, 0.05) is 17.5 Å². The van der Waals surface area contributed by atoms with Crippen molar-refractivity contribution in [2.24, 2.45) is 5.41 Å². The number of amides is 1. The van der Waals surface area contributed by atoms with Crippen molar-refractivity contribution in [1.29, 1.82) is 0 Å². The smallest absolute Gasteiger partial charge is 0.246 e. The number of hydrogen-bond donors (Lipinski definition) is 2. The van der Waals surface area contributed by atoms with Gasteiger partial charge in [0.1, 0.15) is 0 Å². The number of hydrogen-bond acceptors (Lipinski definition) is 2. The van der Waals surface area contributed by atoms with Crippen LogP contribution >= 0.6 is 0 Å². The maximum absolute atomic E-state index is 12.1. The molecule has 1 fully saturated rings. The van der Waals surface area contributed by atoms with Gasteiger partial charge >= 0.3 is 0 Å². The monoisotopic (exact) mass is 287 g/mol. The highest BCUT2D eigenvalue weighted by Gasteiger charge is 2.49. The minimum atomic E-state index is -0.504. The average molecular weight is 287 g/mol. The summed E-state index contributed by atoms with van der Waals surface area (Å²) < 4.78 is 0. The average Bonchev–Trinajstić information content (AvgIpc) is 3.32. The molecule has 0 aromatic heterocycles. The Morgan fingerprint density at radius 1 is 1.29 bits per heavy atom. The second-order valence-corrected chi connectivity index (χ2v) is 6.12. The van der Waals surface area contributed by atoms with Crippen LogP contribution in [0.3, 0.4) is 0 Å². The zero-order chi connectivity index (χ0) is 15.5. The van der Waals surface area contributed by atoms with Crippen molar-refractivity contribution in [2.45, 2.75) is 46.1 Å². The summed E-state index contributed by atoms with van der Waals surface area (Å²) in [4.78, 5) is 12.1. The molecule has 1 saturated carbocycles. The van der Waals surface area contributed by atoms with Crippen LogP contribution in [0.25, 0.3) is 0 Å². The maximum atomic E-state index is 12.1. The van der Waals surface area contributed by atoms with E-state index in [-0.39, 0.29) is 11.3 Å². The van der Waals surface area contributed by atoms with E-state index in [9.17, 15) is 9.90 Å². The molecule has 0 saturated heterocycles. The van der Waals surface area contributed by atoms with Gasteiger partial charge < -0.3 is 10.4 Å². The fourth-order valence-corrected chi connectivity index (χ4v) is 2.54. The van der Waals surface area contributed by atoms with Gasteiger partial charge in [-0.2, -0.15) is 0 Å². The van der Waals surface area contributed by atoms with Crippen LogP contribution in [-0.2, 0) is 4.79 Å². The summed E-state index contributed by atoms with van der Waals surface area (Å²) in [7, 11) is 0. The van der Waals surface area contributed by atoms with Crippen LogP contribution in [0.15, 0.2) is 41.5 Å². The molecule has 21 heavy (non-hydrogen) atoms. The first-order chi connectivity index (χ1) is 10.00. The predicted octanol–water partition coefficient (Wildman–Crippen LogP) is 3.36. The van der Waals surface area contributed by atoms with E-state index in [1.807, 2.05) is 51.1 Å². The van der Waals surface area contributed by atoms with E-state index < -0.39 is 6.10 Å². The normalized spacial score (nSPS) is 18.7. The second kappa shape index (κ2) is 6.44. The third-order valence-electron chi connectivity index (χ3n) is 4.70. The van der Waals surface area contributed by atoms with Crippen molar-refractivity contribution in [3.8, 4) is 0 Å². The standard InChI is InChI=1S/C18H25NO2/c1-4-13(2)14(3)17(21)19-12-18(10-11-18)16(20)15-8-6-5-7-9-15/h5-9,16,20H,4,10-12H2,1-3H3,(H,19,21)/b14-13-. The summed E-state index contributed by atoms with van der Waals surface area (Å²) in [6.45, 7) is 6.44. The van der Waals surface area contributed by atoms with Crippen molar-refractivity contribution in [3.05, 3.63) is 47.0 Å². The number of carbonyl (C=O) groups excluding carboxylic acids is 1. The van der Waals surface area contributed by atoms with E-state index in [2.05, 4.69) is 5.32 Å². The fraction of sp³-hybridized carbons (Fsp3) is 0.500. The lowest BCUT2D eigenvalue weighted by Crippen LogP contribution is -2.34. The van der Waals surface area contributed by atoms with Crippen LogP contribution in [0.5, 0.6) is 0 Å². The zero-order valence-electron chi connectivity index (χ0n) is 13.1. The molecule has 3 heteroatoms. The molecule has 0 aliphatic heterocycles. The molecule has 3 nitrogen and oxygen atoms in total. The molecule has 0 radical (unpaired) electrons. The number of aliphatic hydroxyl groups is 1. The van der Waals surface area contributed by atoms with Crippen LogP contribution < -0.4 is 5.32 Å². The Labute approximate surface area is 127 Å². The second-order valence-electron chi connectivity index (χ2n) is 6.12. The molecule has 0 bridgehead atoms. The molecule has 1 unspecified atom stereocenters. The zero-order valence-corrected chi connectivity index (χ0v) is 13.1. The van der Waals surface area contributed by atoms with Gasteiger partial charge in [-0.15, -0.1) is 0 Å². The van der Waals surface area contributed by atoms with Crippen molar-refractivity contribution in [2.75, 3.05) is 6.54 Å². The lowest BCUT2D eigenvalue weighted by atomic mass is 9.92. The summed E-state index contributed by atoms with van der Waals surface area (Å²) in [6.07, 6.45) is 2.30. The number of allylic oxidation sites excluding steroid dienone is 1. The Morgan fingerprint density at radius 3 is 2.43 bits per heavy atom. The van der Waals surface area contributed by atoms with Gasteiger partial charge in [-0.25, -0.2) is 0 Å². The number of aliphatic hydroxyl groups excluding tert-OH is 1. The number of rotatable bonds is 6. The summed E-state index contributed by atoms with van der Waals surface area (Å²) >= 11 is 0. The third-order valence-corrected chi connectivity index (χ3v) is 4.70. The first-order valence-corrected chi connectivity index (χ1v) is 7.68. The Bertz CT molecular complexity index is 529. The Balaban J connectivity index is 1.99. The summed E-state index contributed by atoms with van der Waals surface area (Å²) in [5, 5.41) is 13.5. The highest BCUT2D eigenvalue weighted by atomic mass is 16.3. The van der Waals surface area contributed by atoms with Gasteiger partial charge in [0.25, 0.3) is 0 Å².